The molecular weight excluding hydrogens is 635 g/mol. The van der Waals surface area contributed by atoms with Gasteiger partial charge in [-0.2, -0.15) is 0 Å². The molecule has 0 aliphatic heterocycles. The van der Waals surface area contributed by atoms with Crippen molar-refractivity contribution in [2.45, 2.75) is 0 Å². The van der Waals surface area contributed by atoms with Crippen LogP contribution >= 0.6 is 0 Å². The molecule has 0 amide bonds. The Labute approximate surface area is 300 Å². The van der Waals surface area contributed by atoms with E-state index in [9.17, 15) is 0 Å². The van der Waals surface area contributed by atoms with Crippen LogP contribution in [0.1, 0.15) is 0 Å². The Balaban J connectivity index is 1.06. The SMILES string of the molecule is c1cc(-c2ccc3ccccc3c2)cc(-c2ccc3ccc4ccc(-c5cccc(-c6nc7ccccc7nc6-c6cccnc6)c5)nc4c3n2)c1. The van der Waals surface area contributed by atoms with Crippen LogP contribution in [0.3, 0.4) is 0 Å². The van der Waals surface area contributed by atoms with Crippen LogP contribution in [0, 0.1) is 0 Å². The second-order valence-electron chi connectivity index (χ2n) is 13.0. The summed E-state index contributed by atoms with van der Waals surface area (Å²) >= 11 is 0. The first kappa shape index (κ1) is 29.8. The largest absolute Gasteiger partial charge is 0.264 e. The van der Waals surface area contributed by atoms with Gasteiger partial charge in [0.1, 0.15) is 0 Å². The molecule has 10 aromatic rings. The van der Waals surface area contributed by atoms with Gasteiger partial charge in [-0.25, -0.2) is 19.9 Å². The van der Waals surface area contributed by atoms with E-state index in [1.54, 1.807) is 6.20 Å². The summed E-state index contributed by atoms with van der Waals surface area (Å²) in [4.78, 5) is 25.0. The normalized spacial score (nSPS) is 11.5. The lowest BCUT2D eigenvalue weighted by Gasteiger charge is -2.12. The first-order valence-electron chi connectivity index (χ1n) is 17.3. The Morgan fingerprint density at radius 3 is 1.50 bits per heavy atom. The molecule has 5 nitrogen and oxygen atoms in total. The van der Waals surface area contributed by atoms with Gasteiger partial charge in [-0.05, 0) is 76.5 Å². The maximum absolute atomic E-state index is 5.26. The highest BCUT2D eigenvalue weighted by molar-refractivity contribution is 6.04. The number of para-hydroxylation sites is 2. The van der Waals surface area contributed by atoms with Crippen molar-refractivity contribution >= 4 is 43.6 Å². The highest BCUT2D eigenvalue weighted by atomic mass is 14.8. The van der Waals surface area contributed by atoms with Crippen molar-refractivity contribution in [2.75, 3.05) is 0 Å². The Morgan fingerprint density at radius 2 is 0.827 bits per heavy atom. The van der Waals surface area contributed by atoms with Crippen molar-refractivity contribution in [3.05, 3.63) is 176 Å². The van der Waals surface area contributed by atoms with Crippen molar-refractivity contribution in [3.8, 4) is 56.2 Å². The Kier molecular flexibility index (Phi) is 7.07. The highest BCUT2D eigenvalue weighted by Gasteiger charge is 2.15. The minimum atomic E-state index is 0.794. The maximum atomic E-state index is 5.26. The zero-order valence-electron chi connectivity index (χ0n) is 28.0. The van der Waals surface area contributed by atoms with E-state index in [2.05, 4.69) is 132 Å². The second-order valence-corrected chi connectivity index (χ2v) is 13.0. The summed E-state index contributed by atoms with van der Waals surface area (Å²) in [6.45, 7) is 0. The van der Waals surface area contributed by atoms with E-state index in [0.717, 1.165) is 83.4 Å². The van der Waals surface area contributed by atoms with E-state index in [1.807, 2.05) is 42.6 Å². The molecule has 5 heteroatoms. The third-order valence-electron chi connectivity index (χ3n) is 9.70. The molecule has 0 atom stereocenters. The van der Waals surface area contributed by atoms with Crippen molar-refractivity contribution < 1.29 is 0 Å². The van der Waals surface area contributed by atoms with E-state index in [1.165, 1.54) is 16.3 Å². The molecule has 0 fully saturated rings. The lowest BCUT2D eigenvalue weighted by Crippen LogP contribution is -1.96. The fourth-order valence-corrected chi connectivity index (χ4v) is 7.05. The number of hydrogen-bond acceptors (Lipinski definition) is 5. The van der Waals surface area contributed by atoms with E-state index >= 15 is 0 Å². The number of rotatable bonds is 5. The molecule has 0 spiro atoms. The number of nitrogens with zero attached hydrogens (tertiary/aromatic N) is 5. The minimum absolute atomic E-state index is 0.794. The average Bonchev–Trinajstić information content (AvgIpc) is 3.23. The molecule has 10 rings (SSSR count). The summed E-state index contributed by atoms with van der Waals surface area (Å²) in [5, 5.41) is 4.56. The summed E-state index contributed by atoms with van der Waals surface area (Å²) in [6.07, 6.45) is 3.61. The van der Waals surface area contributed by atoms with Gasteiger partial charge in [-0.1, -0.05) is 109 Å². The van der Waals surface area contributed by atoms with Crippen LogP contribution < -0.4 is 0 Å². The topological polar surface area (TPSA) is 64.5 Å². The van der Waals surface area contributed by atoms with Crippen LogP contribution in [-0.2, 0) is 0 Å². The van der Waals surface area contributed by atoms with Crippen LogP contribution in [0.4, 0.5) is 0 Å². The number of pyridine rings is 3. The van der Waals surface area contributed by atoms with Crippen LogP contribution in [0.2, 0.25) is 0 Å². The van der Waals surface area contributed by atoms with Crippen molar-refractivity contribution in [1.82, 2.24) is 24.9 Å². The number of hydrogen-bond donors (Lipinski definition) is 0. The summed E-state index contributed by atoms with van der Waals surface area (Å²) in [5.74, 6) is 0. The molecule has 0 unspecified atom stereocenters. The standard InChI is InChI=1S/C47H29N5/c1-2-9-33-26-35(20-17-30(33)8-1)34-10-5-11-36(27-34)40-23-21-31-18-19-32-22-24-41(50-45(32)44(31)49-40)37-12-6-13-38(28-37)46-47(39-14-7-25-48-29-39)52-43-16-4-3-15-42(43)51-46/h1-29H. The summed E-state index contributed by atoms with van der Waals surface area (Å²) in [7, 11) is 0. The van der Waals surface area contributed by atoms with Crippen LogP contribution in [-0.4, -0.2) is 24.9 Å². The molecule has 4 heterocycles. The first-order valence-corrected chi connectivity index (χ1v) is 17.3. The molecular formula is C47H29N5. The van der Waals surface area contributed by atoms with Crippen molar-refractivity contribution in [2.24, 2.45) is 0 Å². The molecule has 4 aromatic heterocycles. The predicted molar refractivity (Wildman–Crippen MR) is 213 cm³/mol. The van der Waals surface area contributed by atoms with Gasteiger partial charge in [-0.3, -0.25) is 4.98 Å². The minimum Gasteiger partial charge on any atom is -0.264 e. The van der Waals surface area contributed by atoms with Gasteiger partial charge in [0, 0.05) is 45.4 Å². The lowest BCUT2D eigenvalue weighted by molar-refractivity contribution is 1.26. The van der Waals surface area contributed by atoms with Crippen molar-refractivity contribution in [3.63, 3.8) is 0 Å². The van der Waals surface area contributed by atoms with Gasteiger partial charge >= 0.3 is 0 Å². The van der Waals surface area contributed by atoms with Crippen LogP contribution in [0.25, 0.3) is 99.8 Å². The van der Waals surface area contributed by atoms with E-state index < -0.39 is 0 Å². The van der Waals surface area contributed by atoms with Gasteiger partial charge in [0.15, 0.2) is 0 Å². The molecule has 0 N–H and O–H groups in total. The molecule has 0 saturated carbocycles. The maximum Gasteiger partial charge on any atom is 0.0988 e. The van der Waals surface area contributed by atoms with Crippen LogP contribution in [0.5, 0.6) is 0 Å². The highest BCUT2D eigenvalue weighted by Crippen LogP contribution is 2.35. The molecule has 0 saturated heterocycles. The molecule has 6 aromatic carbocycles. The third kappa shape index (κ3) is 5.32. The van der Waals surface area contributed by atoms with Gasteiger partial charge < -0.3 is 0 Å². The second kappa shape index (κ2) is 12.3. The van der Waals surface area contributed by atoms with Crippen LogP contribution in [0.15, 0.2) is 176 Å². The number of benzene rings is 6. The Hall–Kier alpha value is -7.11. The van der Waals surface area contributed by atoms with E-state index in [4.69, 9.17) is 19.9 Å². The fourth-order valence-electron chi connectivity index (χ4n) is 7.05. The third-order valence-corrected chi connectivity index (χ3v) is 9.70. The molecule has 0 radical (unpaired) electrons. The summed E-state index contributed by atoms with van der Waals surface area (Å²) < 4.78 is 0. The Morgan fingerprint density at radius 1 is 0.308 bits per heavy atom. The summed E-state index contributed by atoms with van der Waals surface area (Å²) in [6, 6.07) is 56.7. The average molecular weight is 664 g/mol. The Bertz CT molecular complexity index is 2970. The van der Waals surface area contributed by atoms with Gasteiger partial charge in [0.2, 0.25) is 0 Å². The van der Waals surface area contributed by atoms with Gasteiger partial charge in [0.25, 0.3) is 0 Å². The van der Waals surface area contributed by atoms with Gasteiger partial charge in [0.05, 0.1) is 44.8 Å². The molecule has 0 aliphatic carbocycles. The van der Waals surface area contributed by atoms with E-state index in [0.29, 0.717) is 0 Å². The zero-order chi connectivity index (χ0) is 34.4. The molecule has 52 heavy (non-hydrogen) atoms. The van der Waals surface area contributed by atoms with E-state index in [-0.39, 0.29) is 0 Å². The molecule has 0 aliphatic rings. The number of aromatic nitrogens is 5. The smallest absolute Gasteiger partial charge is 0.0988 e. The van der Waals surface area contributed by atoms with Gasteiger partial charge in [-0.15, -0.1) is 0 Å². The first-order chi connectivity index (χ1) is 25.7. The monoisotopic (exact) mass is 663 g/mol. The fraction of sp³-hybridized carbons (Fsp3) is 0. The molecule has 0 bridgehead atoms. The molecule has 242 valence electrons. The summed E-state index contributed by atoms with van der Waals surface area (Å²) in [5.41, 5.74) is 13.1. The predicted octanol–water partition coefficient (Wildman–Crippen LogP) is 11.6. The quantitative estimate of drug-likeness (QED) is 0.171. The lowest BCUT2D eigenvalue weighted by atomic mass is 9.98. The van der Waals surface area contributed by atoms with Crippen molar-refractivity contribution in [1.29, 1.82) is 0 Å². The zero-order valence-corrected chi connectivity index (χ0v) is 28.0. The number of fused-ring (bicyclic) bond motifs is 5.